The van der Waals surface area contributed by atoms with Gasteiger partial charge in [0.15, 0.2) is 11.6 Å². The largest absolute Gasteiger partial charge is 0.368 e. The van der Waals surface area contributed by atoms with Crippen LogP contribution in [0.5, 0.6) is 0 Å². The third-order valence-corrected chi connectivity index (χ3v) is 3.16. The molecule has 0 unspecified atom stereocenters. The summed E-state index contributed by atoms with van der Waals surface area (Å²) in [4.78, 5) is 23.5. The van der Waals surface area contributed by atoms with Crippen molar-refractivity contribution in [3.05, 3.63) is 71.0 Å². The number of hydrogen-bond donors (Lipinski definition) is 2. The molecule has 3 N–H and O–H groups in total. The smallest absolute Gasteiger partial charge is 0.252 e. The fraction of sp³-hybridized carbons (Fsp3) is 0.125. The number of hydrogen-bond acceptors (Lipinski definition) is 2. The second-order valence-electron chi connectivity index (χ2n) is 4.89. The highest BCUT2D eigenvalue weighted by Gasteiger charge is 2.20. The lowest BCUT2D eigenvalue weighted by molar-refractivity contribution is -0.119. The zero-order valence-corrected chi connectivity index (χ0v) is 11.9. The Balaban J connectivity index is 2.14. The Hall–Kier alpha value is -2.83. The van der Waals surface area contributed by atoms with Crippen molar-refractivity contribution in [2.45, 2.75) is 12.5 Å². The van der Waals surface area contributed by atoms with Gasteiger partial charge in [0.05, 0.1) is 0 Å². The van der Waals surface area contributed by atoms with Gasteiger partial charge in [-0.15, -0.1) is 0 Å². The van der Waals surface area contributed by atoms with Crippen LogP contribution < -0.4 is 11.1 Å². The van der Waals surface area contributed by atoms with Crippen LogP contribution in [0.4, 0.5) is 13.2 Å². The molecular weight excluding hydrogens is 309 g/mol. The Labute approximate surface area is 130 Å². The minimum absolute atomic E-state index is 0.0253. The third kappa shape index (κ3) is 4.32. The fourth-order valence-corrected chi connectivity index (χ4v) is 2.00. The van der Waals surface area contributed by atoms with Gasteiger partial charge >= 0.3 is 0 Å². The quantitative estimate of drug-likeness (QED) is 0.883. The molecule has 0 aromatic heterocycles. The summed E-state index contributed by atoms with van der Waals surface area (Å²) < 4.78 is 39.1. The molecule has 2 amide bonds. The molecular formula is C16H13F3N2O2. The molecule has 4 nitrogen and oxygen atoms in total. The maximum atomic E-state index is 13.1. The highest BCUT2D eigenvalue weighted by atomic mass is 19.2. The second-order valence-corrected chi connectivity index (χ2v) is 4.89. The fourth-order valence-electron chi connectivity index (χ4n) is 2.00. The highest BCUT2D eigenvalue weighted by Crippen LogP contribution is 2.10. The van der Waals surface area contributed by atoms with Crippen LogP contribution >= 0.6 is 0 Å². The van der Waals surface area contributed by atoms with E-state index in [4.69, 9.17) is 5.73 Å². The van der Waals surface area contributed by atoms with E-state index in [0.29, 0.717) is 11.6 Å². The van der Waals surface area contributed by atoms with E-state index in [-0.39, 0.29) is 12.0 Å². The first kappa shape index (κ1) is 16.5. The SMILES string of the molecule is NC(=O)[C@H](Cc1cccc(F)c1)NC(=O)c1ccc(F)c(F)c1. The summed E-state index contributed by atoms with van der Waals surface area (Å²) in [5.41, 5.74) is 5.52. The van der Waals surface area contributed by atoms with Gasteiger partial charge in [-0.3, -0.25) is 9.59 Å². The number of nitrogens with two attached hydrogens (primary N) is 1. The van der Waals surface area contributed by atoms with E-state index in [0.717, 1.165) is 12.1 Å². The molecule has 1 atom stereocenters. The van der Waals surface area contributed by atoms with Gasteiger partial charge in [-0.25, -0.2) is 13.2 Å². The van der Waals surface area contributed by atoms with Crippen molar-refractivity contribution >= 4 is 11.8 Å². The molecule has 120 valence electrons. The Bertz CT molecular complexity index is 750. The van der Waals surface area contributed by atoms with E-state index in [1.54, 1.807) is 6.07 Å². The molecule has 2 rings (SSSR count). The zero-order valence-electron chi connectivity index (χ0n) is 11.9. The van der Waals surface area contributed by atoms with Crippen LogP contribution in [-0.4, -0.2) is 17.9 Å². The van der Waals surface area contributed by atoms with Gasteiger partial charge < -0.3 is 11.1 Å². The lowest BCUT2D eigenvalue weighted by atomic mass is 10.0. The molecule has 0 aliphatic carbocycles. The molecule has 0 fully saturated rings. The predicted molar refractivity (Wildman–Crippen MR) is 76.9 cm³/mol. The maximum Gasteiger partial charge on any atom is 0.252 e. The van der Waals surface area contributed by atoms with Gasteiger partial charge in [-0.1, -0.05) is 12.1 Å². The van der Waals surface area contributed by atoms with Gasteiger partial charge in [0.1, 0.15) is 11.9 Å². The molecule has 0 spiro atoms. The summed E-state index contributed by atoms with van der Waals surface area (Å²) in [5, 5.41) is 2.32. The van der Waals surface area contributed by atoms with Gasteiger partial charge in [-0.2, -0.15) is 0 Å². The molecule has 2 aromatic rings. The lowest BCUT2D eigenvalue weighted by Gasteiger charge is -2.16. The first-order chi connectivity index (χ1) is 10.9. The van der Waals surface area contributed by atoms with Crippen LogP contribution in [-0.2, 0) is 11.2 Å². The predicted octanol–water partition coefficient (Wildman–Crippen LogP) is 1.93. The minimum Gasteiger partial charge on any atom is -0.368 e. The van der Waals surface area contributed by atoms with E-state index in [9.17, 15) is 22.8 Å². The Morgan fingerprint density at radius 1 is 1.04 bits per heavy atom. The number of primary amides is 1. The number of carbonyl (C=O) groups excluding carboxylic acids is 2. The number of halogens is 3. The van der Waals surface area contributed by atoms with E-state index in [2.05, 4.69) is 5.32 Å². The summed E-state index contributed by atoms with van der Waals surface area (Å²) in [6.45, 7) is 0. The van der Waals surface area contributed by atoms with E-state index in [1.165, 1.54) is 18.2 Å². The van der Waals surface area contributed by atoms with E-state index in [1.807, 2.05) is 0 Å². The van der Waals surface area contributed by atoms with Crippen molar-refractivity contribution in [1.82, 2.24) is 5.32 Å². The normalized spacial score (nSPS) is 11.8. The number of carbonyl (C=O) groups is 2. The molecule has 0 heterocycles. The van der Waals surface area contributed by atoms with E-state index >= 15 is 0 Å². The van der Waals surface area contributed by atoms with Crippen LogP contribution in [0.2, 0.25) is 0 Å². The molecule has 0 aliphatic rings. The summed E-state index contributed by atoms with van der Waals surface area (Å²) >= 11 is 0. The summed E-state index contributed by atoms with van der Waals surface area (Å²) in [6, 6.07) is 6.96. The van der Waals surface area contributed by atoms with Crippen LogP contribution in [0.25, 0.3) is 0 Å². The van der Waals surface area contributed by atoms with Crippen LogP contribution in [0, 0.1) is 17.5 Å². The average molecular weight is 322 g/mol. The first-order valence-electron chi connectivity index (χ1n) is 6.66. The van der Waals surface area contributed by atoms with E-state index < -0.39 is 35.3 Å². The van der Waals surface area contributed by atoms with Crippen molar-refractivity contribution in [3.8, 4) is 0 Å². The lowest BCUT2D eigenvalue weighted by Crippen LogP contribution is -2.45. The average Bonchev–Trinajstić information content (AvgIpc) is 2.49. The number of amides is 2. The Morgan fingerprint density at radius 3 is 2.39 bits per heavy atom. The van der Waals surface area contributed by atoms with Gasteiger partial charge in [0.2, 0.25) is 5.91 Å². The van der Waals surface area contributed by atoms with Crippen molar-refractivity contribution in [2.24, 2.45) is 5.73 Å². The summed E-state index contributed by atoms with van der Waals surface area (Å²) in [5.74, 6) is -4.38. The number of nitrogens with one attached hydrogen (secondary N) is 1. The van der Waals surface area contributed by atoms with Gasteiger partial charge in [0.25, 0.3) is 5.91 Å². The topological polar surface area (TPSA) is 72.2 Å². The molecule has 23 heavy (non-hydrogen) atoms. The molecule has 0 bridgehead atoms. The highest BCUT2D eigenvalue weighted by molar-refractivity contribution is 5.97. The first-order valence-corrected chi connectivity index (χ1v) is 6.66. The molecule has 0 saturated heterocycles. The monoisotopic (exact) mass is 322 g/mol. The van der Waals surface area contributed by atoms with Crippen LogP contribution in [0.15, 0.2) is 42.5 Å². The standard InChI is InChI=1S/C16H13F3N2O2/c17-11-3-1-2-9(6-11)7-14(15(20)22)21-16(23)10-4-5-12(18)13(19)8-10/h1-6,8,14H,7H2,(H2,20,22)(H,21,23)/t14-/m0/s1. The van der Waals surface area contributed by atoms with Gasteiger partial charge in [-0.05, 0) is 35.9 Å². The Morgan fingerprint density at radius 2 is 1.78 bits per heavy atom. The zero-order chi connectivity index (χ0) is 17.0. The second kappa shape index (κ2) is 6.95. The molecule has 2 aromatic carbocycles. The van der Waals surface area contributed by atoms with Crippen LogP contribution in [0.3, 0.4) is 0 Å². The summed E-state index contributed by atoms with van der Waals surface area (Å²) in [6.07, 6.45) is -0.0253. The number of benzene rings is 2. The van der Waals surface area contributed by atoms with Crippen LogP contribution in [0.1, 0.15) is 15.9 Å². The number of rotatable bonds is 5. The third-order valence-electron chi connectivity index (χ3n) is 3.16. The molecule has 0 saturated carbocycles. The molecule has 0 aliphatic heterocycles. The van der Waals surface area contributed by atoms with Crippen molar-refractivity contribution < 1.29 is 22.8 Å². The van der Waals surface area contributed by atoms with Crippen molar-refractivity contribution in [3.63, 3.8) is 0 Å². The van der Waals surface area contributed by atoms with Crippen molar-refractivity contribution in [2.75, 3.05) is 0 Å². The van der Waals surface area contributed by atoms with Crippen molar-refractivity contribution in [1.29, 1.82) is 0 Å². The summed E-state index contributed by atoms with van der Waals surface area (Å²) in [7, 11) is 0. The molecule has 7 heteroatoms. The molecule has 0 radical (unpaired) electrons. The maximum absolute atomic E-state index is 13.1. The minimum atomic E-state index is -1.18. The Kier molecular flexibility index (Phi) is 5.00. The van der Waals surface area contributed by atoms with Gasteiger partial charge in [0, 0.05) is 12.0 Å².